The molecule has 0 bridgehead atoms. The molecule has 0 unspecified atom stereocenters. The van der Waals surface area contributed by atoms with Crippen molar-refractivity contribution in [3.63, 3.8) is 0 Å². The molecule has 3 rings (SSSR count). The van der Waals surface area contributed by atoms with E-state index in [1.807, 2.05) is 35.7 Å². The number of carbonyl (C=O) groups excluding carboxylic acids is 3. The predicted octanol–water partition coefficient (Wildman–Crippen LogP) is 3.52. The second kappa shape index (κ2) is 7.96. The average Bonchev–Trinajstić information content (AvgIpc) is 3.32. The number of aromatic nitrogens is 2. The van der Waals surface area contributed by atoms with Gasteiger partial charge in [-0.2, -0.15) is 0 Å². The molecule has 0 aliphatic heterocycles. The third-order valence-corrected chi connectivity index (χ3v) is 4.52. The summed E-state index contributed by atoms with van der Waals surface area (Å²) < 4.78 is 5.14. The first-order valence-corrected chi connectivity index (χ1v) is 9.04. The maximum atomic E-state index is 12.3. The minimum absolute atomic E-state index is 0.112. The number of benzene rings is 1. The highest BCUT2D eigenvalue weighted by atomic mass is 32.1. The number of nitrogens with zero attached hydrogens (tertiary/aromatic N) is 1. The average molecular weight is 383 g/mol. The first kappa shape index (κ1) is 18.5. The number of carbonyl (C=O) groups is 3. The minimum Gasteiger partial charge on any atom is -0.448 e. The van der Waals surface area contributed by atoms with Gasteiger partial charge in [0.25, 0.3) is 5.91 Å². The quantitative estimate of drug-likeness (QED) is 0.501. The molecule has 1 atom stereocenters. The molecule has 1 aromatic carbocycles. The van der Waals surface area contributed by atoms with E-state index in [1.165, 1.54) is 37.4 Å². The maximum Gasteiger partial charge on any atom is 0.355 e. The van der Waals surface area contributed by atoms with Crippen molar-refractivity contribution < 1.29 is 19.1 Å². The van der Waals surface area contributed by atoms with Crippen molar-refractivity contribution in [2.45, 2.75) is 20.0 Å². The van der Waals surface area contributed by atoms with Crippen LogP contribution in [0.5, 0.6) is 0 Å². The summed E-state index contributed by atoms with van der Waals surface area (Å²) in [7, 11) is 0. The van der Waals surface area contributed by atoms with E-state index in [4.69, 9.17) is 4.74 Å². The van der Waals surface area contributed by atoms with E-state index in [0.29, 0.717) is 10.7 Å². The molecule has 2 heterocycles. The highest BCUT2D eigenvalue weighted by molar-refractivity contribution is 7.14. The Bertz CT molecular complexity index is 978. The van der Waals surface area contributed by atoms with Crippen molar-refractivity contribution in [1.29, 1.82) is 0 Å². The Morgan fingerprint density at radius 1 is 1.22 bits per heavy atom. The number of hydrogen-bond acceptors (Lipinski definition) is 6. The van der Waals surface area contributed by atoms with Crippen LogP contribution < -0.4 is 5.32 Å². The highest BCUT2D eigenvalue weighted by Crippen LogP contribution is 2.24. The maximum absolute atomic E-state index is 12.3. The van der Waals surface area contributed by atoms with Gasteiger partial charge in [0.05, 0.1) is 5.69 Å². The van der Waals surface area contributed by atoms with Crippen LogP contribution in [0.25, 0.3) is 11.3 Å². The lowest BCUT2D eigenvalue weighted by Crippen LogP contribution is -2.30. The molecule has 1 amide bonds. The van der Waals surface area contributed by atoms with Crippen molar-refractivity contribution in [2.75, 3.05) is 5.32 Å². The van der Waals surface area contributed by atoms with Crippen molar-refractivity contribution in [3.8, 4) is 11.3 Å². The number of thiazole rings is 1. The fourth-order valence-corrected chi connectivity index (χ4v) is 3.00. The Morgan fingerprint density at radius 3 is 2.63 bits per heavy atom. The molecule has 0 aliphatic carbocycles. The number of H-pyrrole nitrogens is 1. The fourth-order valence-electron chi connectivity index (χ4n) is 2.27. The van der Waals surface area contributed by atoms with Crippen molar-refractivity contribution >= 4 is 34.1 Å². The van der Waals surface area contributed by atoms with Gasteiger partial charge >= 0.3 is 5.97 Å². The zero-order valence-corrected chi connectivity index (χ0v) is 15.5. The predicted molar refractivity (Wildman–Crippen MR) is 102 cm³/mol. The van der Waals surface area contributed by atoms with Gasteiger partial charge < -0.3 is 9.72 Å². The first-order valence-electron chi connectivity index (χ1n) is 8.16. The number of Topliss-reactive ketones (excluding diaryl/α,β-unsaturated/α-hetero) is 1. The molecule has 27 heavy (non-hydrogen) atoms. The molecular formula is C19H17N3O4S. The van der Waals surface area contributed by atoms with Gasteiger partial charge in [0.15, 0.2) is 17.0 Å². The third-order valence-electron chi connectivity index (χ3n) is 3.77. The van der Waals surface area contributed by atoms with E-state index in [-0.39, 0.29) is 11.5 Å². The smallest absolute Gasteiger partial charge is 0.355 e. The Balaban J connectivity index is 1.60. The molecule has 0 aliphatic rings. The summed E-state index contributed by atoms with van der Waals surface area (Å²) in [6.45, 7) is 2.86. The zero-order valence-electron chi connectivity index (χ0n) is 14.7. The molecule has 138 valence electrons. The van der Waals surface area contributed by atoms with Gasteiger partial charge in [-0.15, -0.1) is 11.3 Å². The van der Waals surface area contributed by atoms with E-state index in [0.717, 1.165) is 11.3 Å². The topological polar surface area (TPSA) is 101 Å². The van der Waals surface area contributed by atoms with Crippen LogP contribution in [0.3, 0.4) is 0 Å². The molecule has 0 radical (unpaired) electrons. The Kier molecular flexibility index (Phi) is 5.46. The highest BCUT2D eigenvalue weighted by Gasteiger charge is 2.21. The van der Waals surface area contributed by atoms with Crippen LogP contribution in [-0.4, -0.2) is 33.7 Å². The lowest BCUT2D eigenvalue weighted by Gasteiger charge is -2.11. The van der Waals surface area contributed by atoms with Crippen molar-refractivity contribution in [1.82, 2.24) is 9.97 Å². The van der Waals surface area contributed by atoms with Crippen LogP contribution in [0.15, 0.2) is 48.0 Å². The molecular weight excluding hydrogens is 366 g/mol. The SMILES string of the molecule is CC(=O)c1c[nH]c(C(=O)O[C@@H](C)C(=O)Nc2nc(-c3ccccc3)cs2)c1. The van der Waals surface area contributed by atoms with E-state index >= 15 is 0 Å². The van der Waals surface area contributed by atoms with Gasteiger partial charge in [-0.1, -0.05) is 30.3 Å². The van der Waals surface area contributed by atoms with Crippen LogP contribution in [0, 0.1) is 0 Å². The van der Waals surface area contributed by atoms with E-state index in [9.17, 15) is 14.4 Å². The van der Waals surface area contributed by atoms with Crippen molar-refractivity contribution in [2.24, 2.45) is 0 Å². The molecule has 2 N–H and O–H groups in total. The van der Waals surface area contributed by atoms with Crippen molar-refractivity contribution in [3.05, 3.63) is 59.2 Å². The van der Waals surface area contributed by atoms with Gasteiger partial charge in [0, 0.05) is 22.7 Å². The minimum atomic E-state index is -1.02. The summed E-state index contributed by atoms with van der Waals surface area (Å²) >= 11 is 1.28. The number of amides is 1. The summed E-state index contributed by atoms with van der Waals surface area (Å²) in [4.78, 5) is 42.6. The largest absolute Gasteiger partial charge is 0.448 e. The van der Waals surface area contributed by atoms with Crippen LogP contribution >= 0.6 is 11.3 Å². The zero-order chi connectivity index (χ0) is 19.4. The number of esters is 1. The normalized spacial score (nSPS) is 11.6. The van der Waals surface area contributed by atoms with Gasteiger partial charge in [-0.3, -0.25) is 14.9 Å². The second-order valence-electron chi connectivity index (χ2n) is 5.80. The molecule has 2 aromatic heterocycles. The van der Waals surface area contributed by atoms with Gasteiger partial charge in [0.2, 0.25) is 0 Å². The number of aromatic amines is 1. The number of hydrogen-bond donors (Lipinski definition) is 2. The third kappa shape index (κ3) is 4.48. The number of ketones is 1. The van der Waals surface area contributed by atoms with E-state index in [2.05, 4.69) is 15.3 Å². The first-order chi connectivity index (χ1) is 12.9. The Labute approximate surface area is 159 Å². The monoisotopic (exact) mass is 383 g/mol. The molecule has 0 saturated carbocycles. The van der Waals surface area contributed by atoms with Crippen LogP contribution in [-0.2, 0) is 9.53 Å². The molecule has 0 spiro atoms. The number of rotatable bonds is 6. The van der Waals surface area contributed by atoms with Crippen LogP contribution in [0.2, 0.25) is 0 Å². The molecule has 0 fully saturated rings. The van der Waals surface area contributed by atoms with E-state index in [1.54, 1.807) is 0 Å². The molecule has 7 nitrogen and oxygen atoms in total. The van der Waals surface area contributed by atoms with Gasteiger partial charge in [0.1, 0.15) is 5.69 Å². The van der Waals surface area contributed by atoms with Gasteiger partial charge in [-0.05, 0) is 19.9 Å². The van der Waals surface area contributed by atoms with Crippen LogP contribution in [0.1, 0.15) is 34.7 Å². The molecule has 0 saturated heterocycles. The molecule has 8 heteroatoms. The second-order valence-corrected chi connectivity index (χ2v) is 6.66. The summed E-state index contributed by atoms with van der Waals surface area (Å²) in [5.41, 5.74) is 2.18. The Hall–Kier alpha value is -3.26. The summed E-state index contributed by atoms with van der Waals surface area (Å²) in [5, 5.41) is 4.89. The van der Waals surface area contributed by atoms with E-state index < -0.39 is 18.0 Å². The summed E-state index contributed by atoms with van der Waals surface area (Å²) in [6.07, 6.45) is 0.398. The fraction of sp³-hybridized carbons (Fsp3) is 0.158. The number of nitrogens with one attached hydrogen (secondary N) is 2. The molecule has 3 aromatic rings. The number of ether oxygens (including phenoxy) is 1. The summed E-state index contributed by atoms with van der Waals surface area (Å²) in [5.74, 6) is -1.38. The standard InChI is InChI=1S/C19H17N3O4S/c1-11(23)14-8-15(20-9-14)18(25)26-12(2)17(24)22-19-21-16(10-27-19)13-6-4-3-5-7-13/h3-10,12,20H,1-2H3,(H,21,22,24)/t12-/m0/s1. The van der Waals surface area contributed by atoms with Gasteiger partial charge in [-0.25, -0.2) is 9.78 Å². The lowest BCUT2D eigenvalue weighted by atomic mass is 10.2. The Morgan fingerprint density at radius 2 is 1.96 bits per heavy atom. The summed E-state index contributed by atoms with van der Waals surface area (Å²) in [6, 6.07) is 11.0. The lowest BCUT2D eigenvalue weighted by molar-refractivity contribution is -0.123. The number of anilines is 1. The van der Waals surface area contributed by atoms with Crippen LogP contribution in [0.4, 0.5) is 5.13 Å².